The van der Waals surface area contributed by atoms with Gasteiger partial charge in [-0.1, -0.05) is 51.1 Å². The Labute approximate surface area is 116 Å². The first-order valence-corrected chi connectivity index (χ1v) is 6.99. The summed E-state index contributed by atoms with van der Waals surface area (Å²) in [6.07, 6.45) is 0.184. The average Bonchev–Trinajstić information content (AvgIpc) is 2.35. The van der Waals surface area contributed by atoms with Crippen LogP contribution in [0.2, 0.25) is 0 Å². The van der Waals surface area contributed by atoms with E-state index in [1.165, 1.54) is 5.56 Å². The first kappa shape index (κ1) is 15.7. The predicted molar refractivity (Wildman–Crippen MR) is 78.1 cm³/mol. The van der Waals surface area contributed by atoms with Gasteiger partial charge in [0.2, 0.25) is 0 Å². The Hall–Kier alpha value is -1.35. The number of hydrogen-bond donors (Lipinski definition) is 1. The first-order chi connectivity index (χ1) is 8.97. The van der Waals surface area contributed by atoms with E-state index in [0.29, 0.717) is 5.92 Å². The molecule has 0 saturated carbocycles. The molecule has 0 aliphatic heterocycles. The highest BCUT2D eigenvalue weighted by atomic mass is 16.4. The maximum atomic E-state index is 10.9. The number of carbonyl (C=O) groups is 1. The number of hydrogen-bond acceptors (Lipinski definition) is 2. The zero-order chi connectivity index (χ0) is 14.4. The van der Waals surface area contributed by atoms with Crippen molar-refractivity contribution in [2.45, 2.75) is 46.2 Å². The van der Waals surface area contributed by atoms with Crippen LogP contribution in [0.5, 0.6) is 0 Å². The SMILES string of the molecule is CCN(C(C)CC(=O)O)C(c1ccccc1)C(C)C. The van der Waals surface area contributed by atoms with Crippen LogP contribution in [-0.2, 0) is 4.79 Å². The lowest BCUT2D eigenvalue weighted by Crippen LogP contribution is -2.40. The van der Waals surface area contributed by atoms with Gasteiger partial charge in [-0.2, -0.15) is 0 Å². The summed E-state index contributed by atoms with van der Waals surface area (Å²) in [6.45, 7) is 9.32. The van der Waals surface area contributed by atoms with E-state index >= 15 is 0 Å². The average molecular weight is 263 g/mol. The minimum Gasteiger partial charge on any atom is -0.481 e. The quantitative estimate of drug-likeness (QED) is 0.817. The first-order valence-electron chi connectivity index (χ1n) is 6.99. The normalized spacial score (nSPS) is 14.6. The van der Waals surface area contributed by atoms with E-state index in [-0.39, 0.29) is 18.5 Å². The van der Waals surface area contributed by atoms with Crippen LogP contribution in [0, 0.1) is 5.92 Å². The van der Waals surface area contributed by atoms with E-state index in [4.69, 9.17) is 5.11 Å². The number of rotatable bonds is 7. The fourth-order valence-electron chi connectivity index (χ4n) is 2.76. The van der Waals surface area contributed by atoms with Crippen molar-refractivity contribution in [3.63, 3.8) is 0 Å². The minimum atomic E-state index is -0.735. The molecule has 1 aromatic carbocycles. The summed E-state index contributed by atoms with van der Waals surface area (Å²) in [4.78, 5) is 13.2. The van der Waals surface area contributed by atoms with Crippen molar-refractivity contribution in [3.8, 4) is 0 Å². The van der Waals surface area contributed by atoms with Crippen molar-refractivity contribution in [1.82, 2.24) is 4.90 Å². The summed E-state index contributed by atoms with van der Waals surface area (Å²) in [7, 11) is 0. The molecule has 0 aromatic heterocycles. The molecule has 0 aliphatic rings. The molecule has 1 rings (SSSR count). The van der Waals surface area contributed by atoms with Crippen LogP contribution >= 0.6 is 0 Å². The van der Waals surface area contributed by atoms with Gasteiger partial charge in [0.05, 0.1) is 6.42 Å². The van der Waals surface area contributed by atoms with E-state index in [0.717, 1.165) is 6.54 Å². The van der Waals surface area contributed by atoms with Crippen molar-refractivity contribution < 1.29 is 9.90 Å². The van der Waals surface area contributed by atoms with Crippen molar-refractivity contribution >= 4 is 5.97 Å². The van der Waals surface area contributed by atoms with Crippen molar-refractivity contribution in [2.75, 3.05) is 6.54 Å². The van der Waals surface area contributed by atoms with Crippen molar-refractivity contribution in [2.24, 2.45) is 5.92 Å². The second kappa shape index (κ2) is 7.29. The van der Waals surface area contributed by atoms with Crippen LogP contribution in [0.4, 0.5) is 0 Å². The molecule has 1 N–H and O–H groups in total. The zero-order valence-electron chi connectivity index (χ0n) is 12.3. The van der Waals surface area contributed by atoms with Gasteiger partial charge in [0.25, 0.3) is 0 Å². The Morgan fingerprint density at radius 2 is 1.79 bits per heavy atom. The molecule has 0 radical (unpaired) electrons. The third-order valence-corrected chi connectivity index (χ3v) is 3.53. The molecule has 19 heavy (non-hydrogen) atoms. The van der Waals surface area contributed by atoms with Crippen molar-refractivity contribution in [3.05, 3.63) is 35.9 Å². The summed E-state index contributed by atoms with van der Waals surface area (Å²) in [5.74, 6) is -0.292. The highest BCUT2D eigenvalue weighted by Crippen LogP contribution is 2.30. The van der Waals surface area contributed by atoms with Crippen molar-refractivity contribution in [1.29, 1.82) is 0 Å². The number of aliphatic carboxylic acids is 1. The smallest absolute Gasteiger partial charge is 0.304 e. The summed E-state index contributed by atoms with van der Waals surface area (Å²) in [5, 5.41) is 8.99. The predicted octanol–water partition coefficient (Wildman–Crippen LogP) is 3.57. The number of carboxylic acid groups (broad SMARTS) is 1. The molecular weight excluding hydrogens is 238 g/mol. The molecule has 0 heterocycles. The Morgan fingerprint density at radius 1 is 1.21 bits per heavy atom. The summed E-state index contributed by atoms with van der Waals surface area (Å²) >= 11 is 0. The highest BCUT2D eigenvalue weighted by Gasteiger charge is 2.27. The van der Waals surface area contributed by atoms with Crippen LogP contribution < -0.4 is 0 Å². The van der Waals surface area contributed by atoms with Gasteiger partial charge in [0, 0.05) is 12.1 Å². The maximum absolute atomic E-state index is 10.9. The number of nitrogens with zero attached hydrogens (tertiary/aromatic N) is 1. The van der Waals surface area contributed by atoms with Gasteiger partial charge < -0.3 is 5.11 Å². The van der Waals surface area contributed by atoms with E-state index in [2.05, 4.69) is 37.8 Å². The standard InChI is InChI=1S/C16H25NO2/c1-5-17(13(4)11-15(18)19)16(12(2)3)14-9-7-6-8-10-14/h6-10,12-13,16H,5,11H2,1-4H3,(H,18,19). The Kier molecular flexibility index (Phi) is 6.03. The van der Waals surface area contributed by atoms with Crippen LogP contribution in [0.15, 0.2) is 30.3 Å². The van der Waals surface area contributed by atoms with E-state index in [9.17, 15) is 4.79 Å². The molecule has 0 saturated heterocycles. The highest BCUT2D eigenvalue weighted by molar-refractivity contribution is 5.67. The Morgan fingerprint density at radius 3 is 2.21 bits per heavy atom. The second-order valence-electron chi connectivity index (χ2n) is 5.38. The summed E-state index contributed by atoms with van der Waals surface area (Å²) < 4.78 is 0. The maximum Gasteiger partial charge on any atom is 0.304 e. The zero-order valence-corrected chi connectivity index (χ0v) is 12.3. The summed E-state index contributed by atoms with van der Waals surface area (Å²) in [6, 6.07) is 10.6. The van der Waals surface area contributed by atoms with Crippen LogP contribution in [0.3, 0.4) is 0 Å². The van der Waals surface area contributed by atoms with Gasteiger partial charge in [-0.15, -0.1) is 0 Å². The Bertz CT molecular complexity index is 389. The number of benzene rings is 1. The topological polar surface area (TPSA) is 40.5 Å². The molecule has 0 bridgehead atoms. The third-order valence-electron chi connectivity index (χ3n) is 3.53. The number of carboxylic acids is 1. The lowest BCUT2D eigenvalue weighted by Gasteiger charge is -2.38. The van der Waals surface area contributed by atoms with Crippen LogP contribution in [0.1, 0.15) is 45.7 Å². The van der Waals surface area contributed by atoms with Crippen LogP contribution in [-0.4, -0.2) is 28.6 Å². The largest absolute Gasteiger partial charge is 0.481 e. The van der Waals surface area contributed by atoms with Gasteiger partial charge in [-0.3, -0.25) is 9.69 Å². The lowest BCUT2D eigenvalue weighted by atomic mass is 9.92. The van der Waals surface area contributed by atoms with Gasteiger partial charge >= 0.3 is 5.97 Å². The molecular formula is C16H25NO2. The molecule has 1 aromatic rings. The fourth-order valence-corrected chi connectivity index (χ4v) is 2.76. The molecule has 0 aliphatic carbocycles. The Balaban J connectivity index is 2.99. The molecule has 2 atom stereocenters. The molecule has 106 valence electrons. The third kappa shape index (κ3) is 4.35. The molecule has 2 unspecified atom stereocenters. The molecule has 0 fully saturated rings. The van der Waals surface area contributed by atoms with Gasteiger partial charge in [0.1, 0.15) is 0 Å². The summed E-state index contributed by atoms with van der Waals surface area (Å²) in [5.41, 5.74) is 1.26. The van der Waals surface area contributed by atoms with E-state index in [1.807, 2.05) is 25.1 Å². The molecule has 3 nitrogen and oxygen atoms in total. The minimum absolute atomic E-state index is 0.0371. The van der Waals surface area contributed by atoms with E-state index in [1.54, 1.807) is 0 Å². The van der Waals surface area contributed by atoms with Gasteiger partial charge in [-0.25, -0.2) is 0 Å². The molecule has 3 heteroatoms. The van der Waals surface area contributed by atoms with Crippen LogP contribution in [0.25, 0.3) is 0 Å². The van der Waals surface area contributed by atoms with E-state index < -0.39 is 5.97 Å². The molecule has 0 amide bonds. The monoisotopic (exact) mass is 263 g/mol. The lowest BCUT2D eigenvalue weighted by molar-refractivity contribution is -0.138. The second-order valence-corrected chi connectivity index (χ2v) is 5.38. The van der Waals surface area contributed by atoms with Gasteiger partial charge in [-0.05, 0) is 24.9 Å². The fraction of sp³-hybridized carbons (Fsp3) is 0.562. The van der Waals surface area contributed by atoms with Gasteiger partial charge in [0.15, 0.2) is 0 Å². The molecule has 0 spiro atoms.